The van der Waals surface area contributed by atoms with Crippen LogP contribution < -0.4 is 0 Å². The molecule has 0 unspecified atom stereocenters. The highest BCUT2D eigenvalue weighted by atomic mass is 16.4. The molecule has 0 aliphatic carbocycles. The lowest BCUT2D eigenvalue weighted by Gasteiger charge is -2.05. The van der Waals surface area contributed by atoms with Crippen LogP contribution in [0.3, 0.4) is 0 Å². The zero-order chi connectivity index (χ0) is 12.6. The molecule has 17 heavy (non-hydrogen) atoms. The van der Waals surface area contributed by atoms with Crippen LogP contribution in [0.1, 0.15) is 29.8 Å². The Bertz CT molecular complexity index is 587. The Kier molecular flexibility index (Phi) is 2.83. The number of carbonyl (C=O) groups is 1. The highest BCUT2D eigenvalue weighted by Crippen LogP contribution is 2.15. The summed E-state index contributed by atoms with van der Waals surface area (Å²) in [7, 11) is 0. The molecule has 0 aromatic carbocycles. The van der Waals surface area contributed by atoms with Gasteiger partial charge < -0.3 is 5.11 Å². The van der Waals surface area contributed by atoms with Gasteiger partial charge in [0.05, 0.1) is 17.8 Å². The number of aryl methyl sites for hydroxylation is 3. The molecule has 0 bridgehead atoms. The molecule has 0 aliphatic heterocycles. The number of hydrogen-bond donors (Lipinski definition) is 1. The largest absolute Gasteiger partial charge is 0.481 e. The van der Waals surface area contributed by atoms with Crippen LogP contribution in [-0.2, 0) is 17.6 Å². The van der Waals surface area contributed by atoms with Gasteiger partial charge in [0.15, 0.2) is 0 Å². The minimum absolute atomic E-state index is 0.0268. The smallest absolute Gasteiger partial charge is 0.309 e. The highest BCUT2D eigenvalue weighted by Gasteiger charge is 2.14. The summed E-state index contributed by atoms with van der Waals surface area (Å²) in [6.45, 7) is 5.74. The Morgan fingerprint density at radius 2 is 2.12 bits per heavy atom. The second kappa shape index (κ2) is 4.16. The van der Waals surface area contributed by atoms with Gasteiger partial charge in [0.1, 0.15) is 11.5 Å². The Morgan fingerprint density at radius 3 is 2.71 bits per heavy atom. The number of carboxylic acid groups (broad SMARTS) is 1. The van der Waals surface area contributed by atoms with Crippen LogP contribution in [0.15, 0.2) is 6.07 Å². The van der Waals surface area contributed by atoms with E-state index in [9.17, 15) is 4.79 Å². The summed E-state index contributed by atoms with van der Waals surface area (Å²) >= 11 is 0. The molecule has 0 fully saturated rings. The number of fused-ring (bicyclic) bond motifs is 1. The quantitative estimate of drug-likeness (QED) is 0.873. The van der Waals surface area contributed by atoms with Gasteiger partial charge in [0.25, 0.3) is 0 Å². The Hall–Kier alpha value is -1.91. The molecule has 2 heterocycles. The Labute approximate surface area is 99.1 Å². The van der Waals surface area contributed by atoms with Gasteiger partial charge in [0.2, 0.25) is 0 Å². The molecule has 0 aliphatic rings. The number of nitrogens with zero attached hydrogens (tertiary/aromatic N) is 3. The van der Waals surface area contributed by atoms with Crippen molar-refractivity contribution in [2.24, 2.45) is 0 Å². The molecular weight excluding hydrogens is 218 g/mol. The van der Waals surface area contributed by atoms with Crippen molar-refractivity contribution >= 4 is 11.6 Å². The van der Waals surface area contributed by atoms with E-state index in [1.165, 1.54) is 0 Å². The van der Waals surface area contributed by atoms with Crippen LogP contribution in [0.5, 0.6) is 0 Å². The van der Waals surface area contributed by atoms with E-state index in [1.807, 2.05) is 31.2 Å². The van der Waals surface area contributed by atoms with Gasteiger partial charge >= 0.3 is 5.97 Å². The molecule has 5 heteroatoms. The molecule has 1 N–H and O–H groups in total. The third-order valence-electron chi connectivity index (χ3n) is 2.80. The SMILES string of the molecule is CCc1cc2nc(C)c(CC(=O)O)n2c(C)n1. The van der Waals surface area contributed by atoms with E-state index in [4.69, 9.17) is 5.11 Å². The van der Waals surface area contributed by atoms with Gasteiger partial charge in [-0.25, -0.2) is 9.97 Å². The monoisotopic (exact) mass is 233 g/mol. The van der Waals surface area contributed by atoms with Crippen molar-refractivity contribution in [2.75, 3.05) is 0 Å². The third kappa shape index (κ3) is 2.00. The first-order chi connectivity index (χ1) is 8.02. The van der Waals surface area contributed by atoms with E-state index in [0.717, 1.165) is 29.3 Å². The van der Waals surface area contributed by atoms with Gasteiger partial charge in [0, 0.05) is 11.8 Å². The minimum atomic E-state index is -0.853. The number of carboxylic acids is 1. The van der Waals surface area contributed by atoms with Gasteiger partial charge in [-0.3, -0.25) is 9.20 Å². The summed E-state index contributed by atoms with van der Waals surface area (Å²) in [6.07, 6.45) is 0.818. The van der Waals surface area contributed by atoms with Crippen LogP contribution in [0.25, 0.3) is 5.65 Å². The molecule has 5 nitrogen and oxygen atoms in total. The fourth-order valence-electron chi connectivity index (χ4n) is 2.01. The van der Waals surface area contributed by atoms with E-state index in [-0.39, 0.29) is 6.42 Å². The van der Waals surface area contributed by atoms with Crippen molar-refractivity contribution < 1.29 is 9.90 Å². The first-order valence-electron chi connectivity index (χ1n) is 5.59. The number of imidazole rings is 1. The van der Waals surface area contributed by atoms with Gasteiger partial charge in [-0.2, -0.15) is 0 Å². The van der Waals surface area contributed by atoms with Crippen molar-refractivity contribution in [3.63, 3.8) is 0 Å². The number of aromatic nitrogens is 3. The van der Waals surface area contributed by atoms with Crippen molar-refractivity contribution in [3.8, 4) is 0 Å². The molecule has 0 spiro atoms. The van der Waals surface area contributed by atoms with E-state index >= 15 is 0 Å². The predicted octanol–water partition coefficient (Wildman–Crippen LogP) is 1.54. The number of hydrogen-bond acceptors (Lipinski definition) is 3. The standard InChI is InChI=1S/C12H15N3O2/c1-4-9-5-11-13-7(2)10(6-12(16)17)15(11)8(3)14-9/h5H,4,6H2,1-3H3,(H,16,17). The van der Waals surface area contributed by atoms with E-state index in [1.54, 1.807) is 0 Å². The van der Waals surface area contributed by atoms with Gasteiger partial charge in [-0.1, -0.05) is 6.92 Å². The van der Waals surface area contributed by atoms with Crippen LogP contribution >= 0.6 is 0 Å². The Balaban J connectivity index is 2.69. The summed E-state index contributed by atoms with van der Waals surface area (Å²) in [5.74, 6) is -0.0648. The molecule has 90 valence electrons. The first-order valence-corrected chi connectivity index (χ1v) is 5.59. The second-order valence-electron chi connectivity index (χ2n) is 4.06. The van der Waals surface area contributed by atoms with Crippen LogP contribution in [0.4, 0.5) is 0 Å². The van der Waals surface area contributed by atoms with Crippen molar-refractivity contribution in [3.05, 3.63) is 29.0 Å². The molecule has 0 radical (unpaired) electrons. The average Bonchev–Trinajstić information content (AvgIpc) is 2.54. The maximum atomic E-state index is 10.8. The number of aliphatic carboxylic acids is 1. The summed E-state index contributed by atoms with van der Waals surface area (Å²) in [5.41, 5.74) is 3.22. The first kappa shape index (κ1) is 11.6. The Morgan fingerprint density at radius 1 is 1.41 bits per heavy atom. The molecule has 0 saturated carbocycles. The summed E-state index contributed by atoms with van der Waals surface area (Å²) < 4.78 is 1.82. The normalized spacial score (nSPS) is 11.0. The lowest BCUT2D eigenvalue weighted by atomic mass is 10.2. The zero-order valence-electron chi connectivity index (χ0n) is 10.2. The van der Waals surface area contributed by atoms with Crippen LogP contribution in [-0.4, -0.2) is 25.4 Å². The third-order valence-corrected chi connectivity index (χ3v) is 2.80. The topological polar surface area (TPSA) is 67.5 Å². The average molecular weight is 233 g/mol. The van der Waals surface area contributed by atoms with E-state index in [2.05, 4.69) is 9.97 Å². The maximum Gasteiger partial charge on any atom is 0.309 e. The molecular formula is C12H15N3O2. The maximum absolute atomic E-state index is 10.8. The second-order valence-corrected chi connectivity index (χ2v) is 4.06. The molecule has 2 rings (SSSR count). The van der Waals surface area contributed by atoms with Crippen molar-refractivity contribution in [1.82, 2.24) is 14.4 Å². The lowest BCUT2D eigenvalue weighted by molar-refractivity contribution is -0.136. The predicted molar refractivity (Wildman–Crippen MR) is 63.2 cm³/mol. The summed E-state index contributed by atoms with van der Waals surface area (Å²) in [5, 5.41) is 8.90. The van der Waals surface area contributed by atoms with Gasteiger partial charge in [-0.05, 0) is 20.3 Å². The van der Waals surface area contributed by atoms with Gasteiger partial charge in [-0.15, -0.1) is 0 Å². The van der Waals surface area contributed by atoms with Crippen molar-refractivity contribution in [2.45, 2.75) is 33.6 Å². The molecule has 0 amide bonds. The molecule has 0 saturated heterocycles. The van der Waals surface area contributed by atoms with E-state index in [0.29, 0.717) is 5.69 Å². The van der Waals surface area contributed by atoms with E-state index < -0.39 is 5.97 Å². The fourth-order valence-corrected chi connectivity index (χ4v) is 2.01. The van der Waals surface area contributed by atoms with Crippen molar-refractivity contribution in [1.29, 1.82) is 0 Å². The molecule has 0 atom stereocenters. The lowest BCUT2D eigenvalue weighted by Crippen LogP contribution is -2.08. The molecule has 2 aromatic rings. The summed E-state index contributed by atoms with van der Waals surface area (Å²) in [4.78, 5) is 19.7. The fraction of sp³-hybridized carbons (Fsp3) is 0.417. The minimum Gasteiger partial charge on any atom is -0.481 e. The van der Waals surface area contributed by atoms with Crippen LogP contribution in [0.2, 0.25) is 0 Å². The zero-order valence-corrected chi connectivity index (χ0v) is 10.2. The molecule has 2 aromatic heterocycles. The highest BCUT2D eigenvalue weighted by molar-refractivity contribution is 5.70. The summed E-state index contributed by atoms with van der Waals surface area (Å²) in [6, 6.07) is 1.91. The number of rotatable bonds is 3. The van der Waals surface area contributed by atoms with Crippen LogP contribution in [0, 0.1) is 13.8 Å².